The molecule has 13 nitrogen and oxygen atoms in total. The summed E-state index contributed by atoms with van der Waals surface area (Å²) in [5, 5.41) is 43.7. The fraction of sp³-hybridized carbons (Fsp3) is 0.117. The van der Waals surface area contributed by atoms with Crippen molar-refractivity contribution in [3.05, 3.63) is 379 Å². The zero-order valence-electron chi connectivity index (χ0n) is 69.0. The Balaban J connectivity index is 0.000000218. The van der Waals surface area contributed by atoms with Crippen LogP contribution in [0.2, 0.25) is 0 Å². The van der Waals surface area contributed by atoms with Gasteiger partial charge in [0.1, 0.15) is 0 Å². The molecule has 0 fully saturated rings. The Bertz CT molecular complexity index is 6380. The van der Waals surface area contributed by atoms with Crippen LogP contribution in [0.4, 0.5) is 0 Å². The number of carbonyl (C=O) groups is 4. The summed E-state index contributed by atoms with van der Waals surface area (Å²) >= 11 is 3.61. The first-order chi connectivity index (χ1) is 56.9. The van der Waals surface area contributed by atoms with Crippen LogP contribution in [0.1, 0.15) is 77.6 Å². The number of hydrogen-bond donors (Lipinski definition) is 4. The summed E-state index contributed by atoms with van der Waals surface area (Å²) in [6.07, 6.45) is 10.7. The van der Waals surface area contributed by atoms with E-state index in [0.717, 1.165) is 68.2 Å². The zero-order valence-corrected chi connectivity index (χ0v) is 80.2. The number of rotatable bonds is 8. The molecule has 17 aromatic rings. The van der Waals surface area contributed by atoms with E-state index in [9.17, 15) is 19.2 Å². The molecule has 0 amide bonds. The first kappa shape index (κ1) is 99.4. The van der Waals surface area contributed by atoms with E-state index in [0.29, 0.717) is 0 Å². The van der Waals surface area contributed by atoms with Gasteiger partial charge in [0.2, 0.25) is 5.69 Å². The molecular formula is C103H90Ir4N5O8S2-3. The number of para-hydroxylation sites is 2. The topological polar surface area (TPSA) is 205 Å². The average Bonchev–Trinajstić information content (AvgIpc) is 1.62. The molecule has 0 unspecified atom stereocenters. The van der Waals surface area contributed by atoms with Gasteiger partial charge in [-0.3, -0.25) is 29.1 Å². The molecule has 0 spiro atoms. The molecule has 19 heteroatoms. The summed E-state index contributed by atoms with van der Waals surface area (Å²) in [5.41, 5.74) is 18.1. The quantitative estimate of drug-likeness (QED) is 0.0486. The van der Waals surface area contributed by atoms with Gasteiger partial charge < -0.3 is 30.4 Å². The van der Waals surface area contributed by atoms with Crippen LogP contribution in [0.15, 0.2) is 333 Å². The fourth-order valence-corrected chi connectivity index (χ4v) is 15.4. The van der Waals surface area contributed by atoms with Crippen LogP contribution >= 0.6 is 22.7 Å². The molecular weight excluding hydrogens is 2270 g/mol. The molecule has 10 aromatic carbocycles. The SMILES string of the molecule is CC(=O)C=C(C)O.CC(=O)C=C(C)O.CC(=O)C=C(C)O.CC(=O)C=C(C)O.Cc1[c-]c(-c2nccc3c2sc2ccccc23)cc(C)c1.Cc1cc2ccccc2nc1-c1[c-]cccc1.[Ir].[Ir].[Ir].[Ir].[c-]1ccccc1-c1ccc2ccccc2n1.[c-]1ccccc1-c1nccc2c1sc1ccccc12.c1ccc2c(c1)C[n+]1ccc3ccccc3c1-2. The standard InChI is InChI=1S/C19H14NS.C17H10NS.2C16H12N.C15H10N.4C5H8O2.4Ir/c1-12-9-13(2)11-14(10-12)18-19-16(7-8-20-18)15-5-3-4-6-17(15)21-19;1-2-6-12(7-3-1)16-17-14(10-11-18-16)13-8-4-5-9-15(13)19-17;1-3-7-14-12(5-1)9-10-17-11-13-6-2-4-8-15(13)16(14)17;1-12-11-14-9-5-6-10-15(14)17-16(12)13-7-3-2-4-8-13;1-2-6-12(7-3-1)15-11-10-13-8-4-5-9-14(13)16-15;4*1-4(6)3-5(2)7;;;;/h3-10H,1-2H3;1-6,8-11H;1-10H,11H2;2-7,9-11H,1H3;1-6,8-11H;4*3,6H,1-2H3;;;;/q2*-1;+1;2*-1;;;;;;;;. The molecule has 4 radical (unpaired) electrons. The number of fused-ring (bicyclic) bond motifs is 13. The van der Waals surface area contributed by atoms with Gasteiger partial charge >= 0.3 is 0 Å². The number of ketones is 4. The molecule has 0 bridgehead atoms. The van der Waals surface area contributed by atoms with E-state index in [-0.39, 0.29) is 127 Å². The van der Waals surface area contributed by atoms with Gasteiger partial charge in [-0.25, -0.2) is 0 Å². The summed E-state index contributed by atoms with van der Waals surface area (Å²) in [7, 11) is 0. The number of hydrogen-bond acceptors (Lipinski definition) is 14. The first-order valence-corrected chi connectivity index (χ1v) is 39.7. The van der Waals surface area contributed by atoms with Crippen LogP contribution in [-0.4, -0.2) is 63.5 Å². The van der Waals surface area contributed by atoms with Crippen LogP contribution < -0.4 is 4.57 Å². The van der Waals surface area contributed by atoms with Crippen LogP contribution in [0, 0.1) is 45.0 Å². The van der Waals surface area contributed by atoms with E-state index in [4.69, 9.17) is 25.4 Å². The Morgan fingerprint density at radius 1 is 0.385 bits per heavy atom. The number of carbonyl (C=O) groups excluding carboxylic acids is 4. The molecule has 122 heavy (non-hydrogen) atoms. The van der Waals surface area contributed by atoms with Crippen molar-refractivity contribution in [2.45, 2.75) is 82.7 Å². The maximum absolute atomic E-state index is 10.0. The van der Waals surface area contributed by atoms with Crippen molar-refractivity contribution in [1.82, 2.24) is 19.9 Å². The first-order valence-electron chi connectivity index (χ1n) is 38.1. The van der Waals surface area contributed by atoms with Crippen molar-refractivity contribution in [3.8, 4) is 56.3 Å². The summed E-state index contributed by atoms with van der Waals surface area (Å²) in [6.45, 7) is 18.7. The molecule has 1 aliphatic heterocycles. The van der Waals surface area contributed by atoms with Gasteiger partial charge in [0.25, 0.3) is 0 Å². The second-order valence-electron chi connectivity index (χ2n) is 27.7. The van der Waals surface area contributed by atoms with Crippen molar-refractivity contribution in [3.63, 3.8) is 0 Å². The smallest absolute Gasteiger partial charge is 0.221 e. The van der Waals surface area contributed by atoms with Gasteiger partial charge in [-0.1, -0.05) is 147 Å². The summed E-state index contributed by atoms with van der Waals surface area (Å²) in [5.74, 6) is -0.250. The van der Waals surface area contributed by atoms with Gasteiger partial charge in [-0.05, 0) is 160 Å². The van der Waals surface area contributed by atoms with Crippen LogP contribution in [0.5, 0.6) is 0 Å². The van der Waals surface area contributed by atoms with Crippen LogP contribution in [-0.2, 0) is 106 Å². The molecule has 4 N–H and O–H groups in total. The molecule has 7 aromatic heterocycles. The van der Waals surface area contributed by atoms with Crippen LogP contribution in [0.3, 0.4) is 0 Å². The van der Waals surface area contributed by atoms with Crippen molar-refractivity contribution < 1.29 is 125 Å². The summed E-state index contributed by atoms with van der Waals surface area (Å²) < 4.78 is 7.45. The minimum absolute atomic E-state index is 0. The molecule has 8 heterocycles. The Morgan fingerprint density at radius 3 is 1.28 bits per heavy atom. The third-order valence-electron chi connectivity index (χ3n) is 17.6. The monoisotopic (exact) mass is 2360 g/mol. The number of aryl methyl sites for hydroxylation is 3. The van der Waals surface area contributed by atoms with E-state index >= 15 is 0 Å². The van der Waals surface area contributed by atoms with Crippen molar-refractivity contribution in [1.29, 1.82) is 0 Å². The maximum atomic E-state index is 10.0. The minimum Gasteiger partial charge on any atom is -0.512 e. The third-order valence-corrected chi connectivity index (χ3v) is 20.0. The Morgan fingerprint density at radius 2 is 0.803 bits per heavy atom. The molecule has 18 rings (SSSR count). The molecule has 1 aliphatic rings. The second-order valence-corrected chi connectivity index (χ2v) is 29.8. The van der Waals surface area contributed by atoms with Gasteiger partial charge in [0, 0.05) is 159 Å². The predicted octanol–water partition coefficient (Wildman–Crippen LogP) is 25.5. The number of aliphatic hydroxyl groups excluding tert-OH is 4. The normalized spacial score (nSPS) is 10.9. The van der Waals surface area contributed by atoms with E-state index < -0.39 is 0 Å². The summed E-state index contributed by atoms with van der Waals surface area (Å²) in [6, 6.07) is 105. The van der Waals surface area contributed by atoms with E-state index in [1.807, 2.05) is 133 Å². The molecule has 0 atom stereocenters. The van der Waals surface area contributed by atoms with E-state index in [1.54, 1.807) is 11.3 Å². The Kier molecular flexibility index (Phi) is 40.3. The predicted molar refractivity (Wildman–Crippen MR) is 486 cm³/mol. The average molecular weight is 2360 g/mol. The van der Waals surface area contributed by atoms with Gasteiger partial charge in [0.15, 0.2) is 35.9 Å². The molecule has 0 saturated heterocycles. The number of benzene rings is 10. The second kappa shape index (κ2) is 49.5. The molecule has 0 saturated carbocycles. The molecule has 626 valence electrons. The number of aromatic nitrogens is 5. The number of allylic oxidation sites excluding steroid dienone is 8. The van der Waals surface area contributed by atoms with Crippen molar-refractivity contribution in [2.75, 3.05) is 0 Å². The van der Waals surface area contributed by atoms with Crippen molar-refractivity contribution >= 4 is 119 Å². The number of thiophene rings is 2. The Hall–Kier alpha value is -11.4. The van der Waals surface area contributed by atoms with Crippen LogP contribution in [0.25, 0.3) is 129 Å². The Labute approximate surface area is 774 Å². The van der Waals surface area contributed by atoms with Gasteiger partial charge in [-0.2, -0.15) is 4.57 Å². The number of aliphatic hydroxyl groups is 4. The van der Waals surface area contributed by atoms with Gasteiger partial charge in [-0.15, -0.1) is 165 Å². The minimum atomic E-state index is -0.125. The maximum Gasteiger partial charge on any atom is 0.221 e. The number of nitrogens with zero attached hydrogens (tertiary/aromatic N) is 5. The fourth-order valence-electron chi connectivity index (χ4n) is 13.0. The van der Waals surface area contributed by atoms with E-state index in [2.05, 4.69) is 228 Å². The summed E-state index contributed by atoms with van der Waals surface area (Å²) in [4.78, 5) is 58.6. The van der Waals surface area contributed by atoms with Gasteiger partial charge in [0.05, 0.1) is 45.0 Å². The number of pyridine rings is 5. The third kappa shape index (κ3) is 28.9. The zero-order chi connectivity index (χ0) is 84.2. The van der Waals surface area contributed by atoms with Crippen molar-refractivity contribution in [2.24, 2.45) is 0 Å². The van der Waals surface area contributed by atoms with E-state index in [1.165, 1.54) is 170 Å². The molecule has 0 aliphatic carbocycles. The largest absolute Gasteiger partial charge is 0.512 e.